The molecule has 1 saturated heterocycles. The molecule has 0 bridgehead atoms. The van der Waals surface area contributed by atoms with Crippen LogP contribution in [0.1, 0.15) is 71.7 Å². The number of carboxylic acids is 1. The Morgan fingerprint density at radius 3 is 2.40 bits per heavy atom. The van der Waals surface area contributed by atoms with E-state index < -0.39 is 40.8 Å². The monoisotopic (exact) mass is 683 g/mol. The lowest BCUT2D eigenvalue weighted by Crippen LogP contribution is -2.46. The van der Waals surface area contributed by atoms with E-state index in [-0.39, 0.29) is 29.6 Å². The molecule has 0 aliphatic carbocycles. The number of ether oxygens (including phenoxy) is 1. The smallest absolute Gasteiger partial charge is 0.410 e. The van der Waals surface area contributed by atoms with Gasteiger partial charge in [-0.2, -0.15) is 11.8 Å². The number of aromatic nitrogens is 1. The van der Waals surface area contributed by atoms with E-state index in [0.29, 0.717) is 43.9 Å². The minimum absolute atomic E-state index is 0.0343. The molecule has 260 valence electrons. The summed E-state index contributed by atoms with van der Waals surface area (Å²) in [7, 11) is 0. The first-order valence-electron chi connectivity index (χ1n) is 16.3. The van der Waals surface area contributed by atoms with Gasteiger partial charge in [-0.05, 0) is 68.4 Å². The molecule has 8 nitrogen and oxygen atoms in total. The Balaban J connectivity index is 1.76. The molecule has 0 spiro atoms. The lowest BCUT2D eigenvalue weighted by molar-refractivity contribution is -0.137. The molecule has 0 saturated carbocycles. The standard InChI is InChI=1S/C37H47F2N3O5S/c1-36(2,3)34(31-18-27(29-19-28(38)12-13-30(29)39)23-41(31)20-25-10-8-7-9-11-25)42(32(43)24-48-17-15-33(44)45)22-26-14-16-40(21-26)35(46)47-37(4,5)6/h7-13,18-19,23,26,34H,14-17,20-22,24H2,1-6H3,(H,44,45). The highest BCUT2D eigenvalue weighted by Gasteiger charge is 2.40. The number of carbonyl (C=O) groups excluding carboxylic acids is 2. The summed E-state index contributed by atoms with van der Waals surface area (Å²) in [6.07, 6.45) is 2.04. The number of carbonyl (C=O) groups is 3. The van der Waals surface area contributed by atoms with E-state index in [0.717, 1.165) is 23.4 Å². The lowest BCUT2D eigenvalue weighted by atomic mass is 9.82. The summed E-state index contributed by atoms with van der Waals surface area (Å²) in [5, 5.41) is 9.14. The zero-order chi connectivity index (χ0) is 35.2. The number of nitrogens with zero attached hydrogens (tertiary/aromatic N) is 3. The van der Waals surface area contributed by atoms with Gasteiger partial charge in [-0.25, -0.2) is 13.6 Å². The van der Waals surface area contributed by atoms with Crippen molar-refractivity contribution >= 4 is 29.7 Å². The second-order valence-electron chi connectivity index (χ2n) is 14.5. The van der Waals surface area contributed by atoms with Gasteiger partial charge in [0.1, 0.15) is 17.2 Å². The second kappa shape index (κ2) is 15.6. The molecule has 1 aliphatic rings. The summed E-state index contributed by atoms with van der Waals surface area (Å²) >= 11 is 1.27. The Kier molecular flexibility index (Phi) is 12.0. The van der Waals surface area contributed by atoms with Crippen molar-refractivity contribution in [3.63, 3.8) is 0 Å². The highest BCUT2D eigenvalue weighted by Crippen LogP contribution is 2.42. The fraction of sp³-hybridized carbons (Fsp3) is 0.486. The molecule has 0 radical (unpaired) electrons. The van der Waals surface area contributed by atoms with Crippen LogP contribution in [0.15, 0.2) is 60.8 Å². The summed E-state index contributed by atoms with van der Waals surface area (Å²) in [4.78, 5) is 41.8. The predicted molar refractivity (Wildman–Crippen MR) is 185 cm³/mol. The number of hydrogen-bond donors (Lipinski definition) is 1. The minimum atomic E-state index is -0.927. The molecule has 48 heavy (non-hydrogen) atoms. The molecule has 3 aromatic rings. The number of halogens is 2. The third-order valence-corrected chi connectivity index (χ3v) is 9.12. The van der Waals surface area contributed by atoms with Crippen LogP contribution in [0.4, 0.5) is 13.6 Å². The first-order valence-corrected chi connectivity index (χ1v) is 17.4. The van der Waals surface area contributed by atoms with Gasteiger partial charge in [0.2, 0.25) is 5.91 Å². The van der Waals surface area contributed by atoms with Crippen LogP contribution in [0.5, 0.6) is 0 Å². The second-order valence-corrected chi connectivity index (χ2v) is 15.6. The van der Waals surface area contributed by atoms with Gasteiger partial charge < -0.3 is 24.2 Å². The van der Waals surface area contributed by atoms with E-state index in [1.54, 1.807) is 4.90 Å². The fourth-order valence-electron chi connectivity index (χ4n) is 6.12. The van der Waals surface area contributed by atoms with Crippen LogP contribution >= 0.6 is 11.8 Å². The van der Waals surface area contributed by atoms with Crippen LogP contribution in [0.2, 0.25) is 0 Å². The van der Waals surface area contributed by atoms with Gasteiger partial charge in [0.05, 0.1) is 18.2 Å². The van der Waals surface area contributed by atoms with Gasteiger partial charge in [0.15, 0.2) is 0 Å². The van der Waals surface area contributed by atoms with Gasteiger partial charge >= 0.3 is 12.1 Å². The molecule has 1 fully saturated rings. The Bertz CT molecular complexity index is 1580. The average molecular weight is 684 g/mol. The van der Waals surface area contributed by atoms with E-state index in [2.05, 4.69) is 0 Å². The summed E-state index contributed by atoms with van der Waals surface area (Å²) in [6, 6.07) is 14.5. The van der Waals surface area contributed by atoms with E-state index >= 15 is 4.39 Å². The number of thioether (sulfide) groups is 1. The number of likely N-dealkylation sites (tertiary alicyclic amines) is 1. The number of aliphatic carboxylic acids is 1. The Morgan fingerprint density at radius 2 is 1.75 bits per heavy atom. The molecule has 4 rings (SSSR count). The molecular weight excluding hydrogens is 636 g/mol. The molecule has 1 aromatic heterocycles. The summed E-state index contributed by atoms with van der Waals surface area (Å²) in [5.74, 6) is -1.86. The number of benzene rings is 2. The van der Waals surface area contributed by atoms with Crippen molar-refractivity contribution in [3.8, 4) is 11.1 Å². The maximum absolute atomic E-state index is 15.1. The third-order valence-electron chi connectivity index (χ3n) is 8.18. The van der Waals surface area contributed by atoms with E-state index in [1.165, 1.54) is 17.8 Å². The molecule has 11 heteroatoms. The number of rotatable bonds is 12. The highest BCUT2D eigenvalue weighted by atomic mass is 32.2. The van der Waals surface area contributed by atoms with E-state index in [4.69, 9.17) is 9.84 Å². The van der Waals surface area contributed by atoms with Crippen LogP contribution in [0, 0.1) is 23.0 Å². The zero-order valence-corrected chi connectivity index (χ0v) is 29.5. The average Bonchev–Trinajstić information content (AvgIpc) is 3.62. The summed E-state index contributed by atoms with van der Waals surface area (Å²) in [5.41, 5.74) is 1.23. The summed E-state index contributed by atoms with van der Waals surface area (Å²) in [6.45, 7) is 13.3. The van der Waals surface area contributed by atoms with Crippen molar-refractivity contribution in [1.82, 2.24) is 14.4 Å². The molecular formula is C37H47F2N3O5S. The molecule has 2 aromatic carbocycles. The highest BCUT2D eigenvalue weighted by molar-refractivity contribution is 7.99. The molecule has 1 N–H and O–H groups in total. The van der Waals surface area contributed by atoms with Gasteiger partial charge in [-0.3, -0.25) is 9.59 Å². The van der Waals surface area contributed by atoms with Crippen molar-refractivity contribution in [2.75, 3.05) is 31.1 Å². The van der Waals surface area contributed by atoms with Crippen LogP contribution in [0.25, 0.3) is 11.1 Å². The molecule has 2 atom stereocenters. The van der Waals surface area contributed by atoms with Gasteiger partial charge in [-0.15, -0.1) is 0 Å². The third kappa shape index (κ3) is 10.1. The number of carboxylic acid groups (broad SMARTS) is 1. The predicted octanol–water partition coefficient (Wildman–Crippen LogP) is 7.86. The quantitative estimate of drug-likeness (QED) is 0.196. The largest absolute Gasteiger partial charge is 0.481 e. The van der Waals surface area contributed by atoms with Gasteiger partial charge in [-0.1, -0.05) is 51.1 Å². The zero-order valence-electron chi connectivity index (χ0n) is 28.7. The van der Waals surface area contributed by atoms with Crippen LogP contribution in [0.3, 0.4) is 0 Å². The lowest BCUT2D eigenvalue weighted by Gasteiger charge is -2.42. The Hall–Kier alpha value is -3.86. The first-order chi connectivity index (χ1) is 22.5. The number of amides is 2. The SMILES string of the molecule is CC(C)(C)OC(=O)N1CCC(CN(C(=O)CSCCC(=O)O)C(c2cc(-c3cc(F)ccc3F)cn2Cc2ccccc2)C(C)(C)C)C1. The van der Waals surface area contributed by atoms with Crippen LogP contribution < -0.4 is 0 Å². The van der Waals surface area contributed by atoms with Gasteiger partial charge in [0, 0.05) is 54.9 Å². The maximum Gasteiger partial charge on any atom is 0.410 e. The van der Waals surface area contributed by atoms with Crippen LogP contribution in [-0.4, -0.2) is 74.2 Å². The van der Waals surface area contributed by atoms with Crippen molar-refractivity contribution in [3.05, 3.63) is 83.7 Å². The molecule has 2 heterocycles. The Labute approximate surface area is 286 Å². The van der Waals surface area contributed by atoms with Crippen molar-refractivity contribution in [2.45, 2.75) is 72.6 Å². The fourth-order valence-corrected chi connectivity index (χ4v) is 6.92. The van der Waals surface area contributed by atoms with E-state index in [1.807, 2.05) is 93.6 Å². The van der Waals surface area contributed by atoms with Crippen molar-refractivity contribution < 1.29 is 33.0 Å². The number of hydrogen-bond acceptors (Lipinski definition) is 5. The van der Waals surface area contributed by atoms with Gasteiger partial charge in [0.25, 0.3) is 0 Å². The molecule has 2 amide bonds. The van der Waals surface area contributed by atoms with Crippen LogP contribution in [-0.2, 0) is 20.9 Å². The maximum atomic E-state index is 15.1. The summed E-state index contributed by atoms with van der Waals surface area (Å²) < 4.78 is 37.1. The minimum Gasteiger partial charge on any atom is -0.481 e. The van der Waals surface area contributed by atoms with Crippen molar-refractivity contribution in [1.29, 1.82) is 0 Å². The molecule has 2 unspecified atom stereocenters. The van der Waals surface area contributed by atoms with Crippen molar-refractivity contribution in [2.24, 2.45) is 11.3 Å². The normalized spacial score (nSPS) is 15.8. The first kappa shape index (κ1) is 37.0. The topological polar surface area (TPSA) is 92.1 Å². The molecule has 1 aliphatic heterocycles. The Morgan fingerprint density at radius 1 is 1.04 bits per heavy atom. The van der Waals surface area contributed by atoms with E-state index in [9.17, 15) is 18.8 Å².